The molecule has 33 heavy (non-hydrogen) atoms. The Morgan fingerprint density at radius 3 is 2.45 bits per heavy atom. The van der Waals surface area contributed by atoms with Crippen molar-refractivity contribution < 1.29 is 24.2 Å². The predicted octanol–water partition coefficient (Wildman–Crippen LogP) is 3.31. The molecule has 0 bridgehead atoms. The van der Waals surface area contributed by atoms with Gasteiger partial charge in [-0.15, -0.1) is 0 Å². The zero-order valence-corrected chi connectivity index (χ0v) is 21.1. The van der Waals surface area contributed by atoms with Crippen molar-refractivity contribution in [2.75, 3.05) is 19.8 Å². The van der Waals surface area contributed by atoms with Gasteiger partial charge in [-0.3, -0.25) is 14.4 Å². The summed E-state index contributed by atoms with van der Waals surface area (Å²) < 4.78 is 5.40. The Hall–Kier alpha value is -1.89. The molecule has 1 fully saturated rings. The van der Waals surface area contributed by atoms with Gasteiger partial charge in [0.1, 0.15) is 6.04 Å². The summed E-state index contributed by atoms with van der Waals surface area (Å²) in [5.74, 6) is -2.51. The SMILES string of the molecule is CCCCCNC(=O)[C@@H]1[C@H]2C=C[C@@H](CCC)[C@@H](C(=O)OCC)[C@@H]2C(=O)N1[C@@H](CO)[C@@H](C)CC. The molecule has 0 spiro atoms. The number of fused-ring (bicyclic) bond motifs is 1. The first-order chi connectivity index (χ1) is 15.9. The Labute approximate surface area is 199 Å². The van der Waals surface area contributed by atoms with Crippen molar-refractivity contribution >= 4 is 17.8 Å². The van der Waals surface area contributed by atoms with Crippen molar-refractivity contribution in [1.82, 2.24) is 10.2 Å². The number of carbonyl (C=O) groups is 3. The van der Waals surface area contributed by atoms with Crippen molar-refractivity contribution in [1.29, 1.82) is 0 Å². The number of aliphatic hydroxyl groups is 1. The van der Waals surface area contributed by atoms with Gasteiger partial charge in [-0.2, -0.15) is 0 Å². The summed E-state index contributed by atoms with van der Waals surface area (Å²) in [5.41, 5.74) is 0. The fourth-order valence-corrected chi connectivity index (χ4v) is 5.48. The minimum absolute atomic E-state index is 0.0194. The van der Waals surface area contributed by atoms with Gasteiger partial charge in [0.25, 0.3) is 0 Å². The molecule has 7 atom stereocenters. The van der Waals surface area contributed by atoms with Crippen LogP contribution in [0.1, 0.15) is 73.1 Å². The van der Waals surface area contributed by atoms with Gasteiger partial charge in [-0.05, 0) is 31.6 Å². The third-order valence-corrected chi connectivity index (χ3v) is 7.42. The van der Waals surface area contributed by atoms with Crippen LogP contribution in [0.25, 0.3) is 0 Å². The molecule has 1 aliphatic carbocycles. The Morgan fingerprint density at radius 1 is 1.15 bits per heavy atom. The summed E-state index contributed by atoms with van der Waals surface area (Å²) in [6.45, 7) is 10.5. The maximum absolute atomic E-state index is 13.9. The first kappa shape index (κ1) is 27.4. The normalized spacial score (nSPS) is 28.4. The lowest BCUT2D eigenvalue weighted by Gasteiger charge is -2.36. The number of likely N-dealkylation sites (tertiary alicyclic amines) is 1. The van der Waals surface area contributed by atoms with Gasteiger partial charge in [0.15, 0.2) is 0 Å². The van der Waals surface area contributed by atoms with E-state index in [-0.39, 0.29) is 42.8 Å². The maximum atomic E-state index is 13.9. The van der Waals surface area contributed by atoms with Crippen LogP contribution in [0.15, 0.2) is 12.2 Å². The topological polar surface area (TPSA) is 95.9 Å². The van der Waals surface area contributed by atoms with E-state index in [0.717, 1.165) is 38.5 Å². The van der Waals surface area contributed by atoms with Crippen LogP contribution in [0.3, 0.4) is 0 Å². The third-order valence-electron chi connectivity index (χ3n) is 7.42. The van der Waals surface area contributed by atoms with Crippen LogP contribution in [0.5, 0.6) is 0 Å². The molecular weight excluding hydrogens is 420 g/mol. The summed E-state index contributed by atoms with van der Waals surface area (Å²) in [6.07, 6.45) is 9.37. The number of amides is 2. The number of carbonyl (C=O) groups excluding carboxylic acids is 3. The molecule has 1 aliphatic heterocycles. The summed E-state index contributed by atoms with van der Waals surface area (Å²) in [6, 6.07) is -1.20. The fraction of sp³-hybridized carbons (Fsp3) is 0.808. The zero-order chi connectivity index (χ0) is 24.5. The van der Waals surface area contributed by atoms with Crippen molar-refractivity contribution in [3.8, 4) is 0 Å². The molecule has 0 aromatic carbocycles. The fourth-order valence-electron chi connectivity index (χ4n) is 5.48. The molecule has 0 aromatic rings. The minimum Gasteiger partial charge on any atom is -0.466 e. The second kappa shape index (κ2) is 13.1. The van der Waals surface area contributed by atoms with E-state index in [0.29, 0.717) is 6.54 Å². The number of hydrogen-bond acceptors (Lipinski definition) is 5. The van der Waals surface area contributed by atoms with Crippen LogP contribution in [0, 0.1) is 29.6 Å². The lowest BCUT2D eigenvalue weighted by molar-refractivity contribution is -0.156. The standard InChI is InChI=1S/C26H44N2O5/c1-6-10-11-15-27-24(30)23-19-14-13-18(12-7-2)21(26(32)33-9-4)22(19)25(31)28(23)20(16-29)17(5)8-3/h13-14,17-23,29H,6-12,15-16H2,1-5H3,(H,27,30)/t17-,18+,19-,20-,21+,22+,23-/m0/s1. The van der Waals surface area contributed by atoms with Gasteiger partial charge >= 0.3 is 5.97 Å². The quantitative estimate of drug-likeness (QED) is 0.248. The smallest absolute Gasteiger partial charge is 0.310 e. The maximum Gasteiger partial charge on any atom is 0.310 e. The molecule has 2 N–H and O–H groups in total. The molecule has 2 amide bonds. The highest BCUT2D eigenvalue weighted by Crippen LogP contribution is 2.46. The molecule has 2 rings (SSSR count). The number of unbranched alkanes of at least 4 members (excludes halogenated alkanes) is 2. The molecule has 0 unspecified atom stereocenters. The van der Waals surface area contributed by atoms with Crippen LogP contribution in [0.2, 0.25) is 0 Å². The average Bonchev–Trinajstić information content (AvgIpc) is 3.09. The number of esters is 1. The van der Waals surface area contributed by atoms with E-state index in [9.17, 15) is 19.5 Å². The number of rotatable bonds is 13. The number of allylic oxidation sites excluding steroid dienone is 1. The number of hydrogen-bond donors (Lipinski definition) is 2. The molecule has 0 saturated carbocycles. The highest BCUT2D eigenvalue weighted by molar-refractivity contribution is 5.96. The Morgan fingerprint density at radius 2 is 1.88 bits per heavy atom. The first-order valence-corrected chi connectivity index (χ1v) is 12.9. The van der Waals surface area contributed by atoms with Gasteiger partial charge in [0.05, 0.1) is 31.1 Å². The molecule has 1 saturated heterocycles. The number of nitrogens with one attached hydrogen (secondary N) is 1. The summed E-state index contributed by atoms with van der Waals surface area (Å²) >= 11 is 0. The second-order valence-electron chi connectivity index (χ2n) is 9.54. The monoisotopic (exact) mass is 464 g/mol. The largest absolute Gasteiger partial charge is 0.466 e. The molecule has 0 radical (unpaired) electrons. The van der Waals surface area contributed by atoms with E-state index < -0.39 is 29.8 Å². The van der Waals surface area contributed by atoms with E-state index in [4.69, 9.17) is 4.74 Å². The number of aliphatic hydroxyl groups excluding tert-OH is 1. The highest BCUT2D eigenvalue weighted by atomic mass is 16.5. The summed E-state index contributed by atoms with van der Waals surface area (Å²) in [5, 5.41) is 13.3. The van der Waals surface area contributed by atoms with E-state index in [1.807, 2.05) is 26.0 Å². The van der Waals surface area contributed by atoms with Gasteiger partial charge in [-0.25, -0.2) is 0 Å². The van der Waals surface area contributed by atoms with E-state index >= 15 is 0 Å². The molecular formula is C26H44N2O5. The number of nitrogens with zero attached hydrogens (tertiary/aromatic N) is 1. The lowest BCUT2D eigenvalue weighted by Crippen LogP contribution is -2.54. The van der Waals surface area contributed by atoms with E-state index in [1.54, 1.807) is 11.8 Å². The van der Waals surface area contributed by atoms with Crippen molar-refractivity contribution in [2.24, 2.45) is 29.6 Å². The van der Waals surface area contributed by atoms with Gasteiger partial charge in [0, 0.05) is 12.5 Å². The lowest BCUT2D eigenvalue weighted by atomic mass is 9.69. The van der Waals surface area contributed by atoms with Gasteiger partial charge in [0.2, 0.25) is 11.8 Å². The molecule has 188 valence electrons. The molecule has 7 nitrogen and oxygen atoms in total. The summed E-state index contributed by atoms with van der Waals surface area (Å²) in [7, 11) is 0. The Kier molecular flexibility index (Phi) is 10.9. The predicted molar refractivity (Wildman–Crippen MR) is 128 cm³/mol. The first-order valence-electron chi connectivity index (χ1n) is 12.9. The molecule has 0 aromatic heterocycles. The van der Waals surface area contributed by atoms with Gasteiger partial charge < -0.3 is 20.1 Å². The summed E-state index contributed by atoms with van der Waals surface area (Å²) in [4.78, 5) is 42.0. The second-order valence-corrected chi connectivity index (χ2v) is 9.54. The van der Waals surface area contributed by atoms with Crippen molar-refractivity contribution in [3.63, 3.8) is 0 Å². The van der Waals surface area contributed by atoms with Crippen LogP contribution in [-0.2, 0) is 19.1 Å². The third kappa shape index (κ3) is 5.97. The molecule has 7 heteroatoms. The Balaban J connectivity index is 2.47. The number of ether oxygens (including phenoxy) is 1. The van der Waals surface area contributed by atoms with Crippen LogP contribution in [-0.4, -0.2) is 59.6 Å². The zero-order valence-electron chi connectivity index (χ0n) is 21.1. The average molecular weight is 465 g/mol. The highest BCUT2D eigenvalue weighted by Gasteiger charge is 2.59. The Bertz CT molecular complexity index is 694. The van der Waals surface area contributed by atoms with Gasteiger partial charge in [-0.1, -0.05) is 65.5 Å². The minimum atomic E-state index is -0.731. The molecule has 2 aliphatic rings. The van der Waals surface area contributed by atoms with Crippen molar-refractivity contribution in [2.45, 2.75) is 85.2 Å². The van der Waals surface area contributed by atoms with Crippen molar-refractivity contribution in [3.05, 3.63) is 12.2 Å². The molecule has 1 heterocycles. The van der Waals surface area contributed by atoms with Crippen LogP contribution >= 0.6 is 0 Å². The van der Waals surface area contributed by atoms with E-state index in [1.165, 1.54) is 0 Å². The van der Waals surface area contributed by atoms with Crippen LogP contribution < -0.4 is 5.32 Å². The van der Waals surface area contributed by atoms with E-state index in [2.05, 4.69) is 19.2 Å². The van der Waals surface area contributed by atoms with Crippen LogP contribution in [0.4, 0.5) is 0 Å².